The molecule has 0 bridgehead atoms. The van der Waals surface area contributed by atoms with E-state index in [9.17, 15) is 18.0 Å². The molecule has 3 aromatic carbocycles. The van der Waals surface area contributed by atoms with Crippen molar-refractivity contribution in [3.8, 4) is 0 Å². The molecule has 1 N–H and O–H groups in total. The number of halogens is 1. The second-order valence-electron chi connectivity index (χ2n) is 8.93. The van der Waals surface area contributed by atoms with Gasteiger partial charge in [-0.2, -0.15) is 0 Å². The Morgan fingerprint density at radius 3 is 2.53 bits per heavy atom. The predicted octanol–water partition coefficient (Wildman–Crippen LogP) is 4.73. The normalized spacial score (nSPS) is 14.6. The van der Waals surface area contributed by atoms with E-state index < -0.39 is 16.1 Å². The summed E-state index contributed by atoms with van der Waals surface area (Å²) >= 11 is 6.13. The van der Waals surface area contributed by atoms with Crippen molar-refractivity contribution < 1.29 is 18.0 Å². The number of nitrogens with zero attached hydrogens (tertiary/aromatic N) is 2. The Morgan fingerprint density at radius 1 is 1.08 bits per heavy atom. The zero-order chi connectivity index (χ0) is 25.9. The molecule has 4 rings (SSSR count). The highest BCUT2D eigenvalue weighted by molar-refractivity contribution is 7.93. The van der Waals surface area contributed by atoms with E-state index in [0.717, 1.165) is 22.8 Å². The Hall–Kier alpha value is -3.10. The molecule has 0 unspecified atom stereocenters. The third kappa shape index (κ3) is 5.20. The second kappa shape index (κ2) is 10.9. The van der Waals surface area contributed by atoms with E-state index in [2.05, 4.69) is 5.32 Å². The number of amides is 2. The van der Waals surface area contributed by atoms with Crippen LogP contribution in [0.4, 0.5) is 5.69 Å². The van der Waals surface area contributed by atoms with Gasteiger partial charge in [0.2, 0.25) is 11.8 Å². The van der Waals surface area contributed by atoms with Gasteiger partial charge in [-0.25, -0.2) is 8.42 Å². The molecule has 2 amide bonds. The molecule has 0 aromatic heterocycles. The zero-order valence-electron chi connectivity index (χ0n) is 20.4. The second-order valence-corrected chi connectivity index (χ2v) is 11.2. The molecule has 0 saturated heterocycles. The van der Waals surface area contributed by atoms with Crippen molar-refractivity contribution in [3.05, 3.63) is 71.2 Å². The Balaban J connectivity index is 1.49. The molecule has 0 radical (unpaired) electrons. The summed E-state index contributed by atoms with van der Waals surface area (Å²) in [5.41, 5.74) is 1.45. The highest BCUT2D eigenvalue weighted by Crippen LogP contribution is 2.42. The van der Waals surface area contributed by atoms with Gasteiger partial charge in [-0.3, -0.25) is 13.9 Å². The quantitative estimate of drug-likeness (QED) is 0.413. The lowest BCUT2D eigenvalue weighted by Gasteiger charge is -2.29. The van der Waals surface area contributed by atoms with Gasteiger partial charge in [0.15, 0.2) is 0 Å². The van der Waals surface area contributed by atoms with Gasteiger partial charge in [-0.15, -0.1) is 0 Å². The van der Waals surface area contributed by atoms with Crippen LogP contribution < -0.4 is 9.62 Å². The molecule has 0 fully saturated rings. The molecule has 9 heteroatoms. The maximum atomic E-state index is 13.3. The molecule has 1 atom stereocenters. The zero-order valence-corrected chi connectivity index (χ0v) is 22.0. The van der Waals surface area contributed by atoms with Crippen LogP contribution >= 0.6 is 11.6 Å². The Bertz CT molecular complexity index is 1390. The van der Waals surface area contributed by atoms with Crippen molar-refractivity contribution in [1.82, 2.24) is 10.2 Å². The number of anilines is 1. The van der Waals surface area contributed by atoms with Crippen LogP contribution in [0.25, 0.3) is 10.8 Å². The highest BCUT2D eigenvalue weighted by atomic mass is 35.5. The first-order valence-electron chi connectivity index (χ1n) is 12.1. The van der Waals surface area contributed by atoms with E-state index in [1.165, 1.54) is 9.21 Å². The summed E-state index contributed by atoms with van der Waals surface area (Å²) in [4.78, 5) is 27.9. The molecule has 3 aromatic rings. The summed E-state index contributed by atoms with van der Waals surface area (Å²) in [5.74, 6) is -0.446. The molecule has 1 aliphatic rings. The molecule has 0 spiro atoms. The van der Waals surface area contributed by atoms with Gasteiger partial charge in [0.05, 0.1) is 10.6 Å². The standard InChI is InChI=1S/C27H30ClN3O4S/c1-3-15-29-27(33)19(2)30(18-20-8-4-11-22(28)17-20)25(32)14-7-16-31-23-12-5-9-21-10-6-13-24(26(21)23)36(31,34)35/h4-6,8-13,17,19H,3,7,14-16,18H2,1-2H3,(H,29,33)/t19-/m0/s1. The third-order valence-corrected chi connectivity index (χ3v) is 8.48. The van der Waals surface area contributed by atoms with Crippen LogP contribution in [-0.2, 0) is 26.2 Å². The van der Waals surface area contributed by atoms with E-state index in [-0.39, 0.29) is 31.3 Å². The highest BCUT2D eigenvalue weighted by Gasteiger charge is 2.35. The van der Waals surface area contributed by atoms with Gasteiger partial charge < -0.3 is 10.2 Å². The SMILES string of the molecule is CCCNC(=O)[C@H](C)N(Cc1cccc(Cl)c1)C(=O)CCCN1c2cccc3cccc(c23)S1(=O)=O. The van der Waals surface area contributed by atoms with Gasteiger partial charge in [-0.1, -0.05) is 54.9 Å². The fraction of sp³-hybridized carbons (Fsp3) is 0.333. The summed E-state index contributed by atoms with van der Waals surface area (Å²) in [6, 6.07) is 17.3. The average Bonchev–Trinajstić information content (AvgIpc) is 3.08. The molecule has 36 heavy (non-hydrogen) atoms. The minimum Gasteiger partial charge on any atom is -0.354 e. The van der Waals surface area contributed by atoms with Crippen LogP contribution in [-0.4, -0.2) is 44.3 Å². The molecule has 1 heterocycles. The number of hydrogen-bond acceptors (Lipinski definition) is 4. The van der Waals surface area contributed by atoms with E-state index in [1.54, 1.807) is 43.3 Å². The van der Waals surface area contributed by atoms with Crippen molar-refractivity contribution in [2.45, 2.75) is 50.6 Å². The molecule has 190 valence electrons. The summed E-state index contributed by atoms with van der Waals surface area (Å²) in [5, 5.41) is 4.99. The number of carbonyl (C=O) groups is 2. The molecular formula is C27H30ClN3O4S. The molecule has 0 saturated carbocycles. The fourth-order valence-corrected chi connectivity index (χ4v) is 6.49. The van der Waals surface area contributed by atoms with Crippen molar-refractivity contribution >= 4 is 49.9 Å². The van der Waals surface area contributed by atoms with Crippen LogP contribution in [0.2, 0.25) is 5.02 Å². The summed E-state index contributed by atoms with van der Waals surface area (Å²) in [7, 11) is -3.68. The molecule has 0 aliphatic carbocycles. The van der Waals surface area contributed by atoms with E-state index in [1.807, 2.05) is 31.2 Å². The van der Waals surface area contributed by atoms with Gasteiger partial charge in [-0.05, 0) is 55.0 Å². The summed E-state index contributed by atoms with van der Waals surface area (Å²) in [6.07, 6.45) is 1.21. The summed E-state index contributed by atoms with van der Waals surface area (Å²) in [6.45, 7) is 4.60. The van der Waals surface area contributed by atoms with Gasteiger partial charge >= 0.3 is 0 Å². The Kier molecular flexibility index (Phi) is 7.85. The lowest BCUT2D eigenvalue weighted by Crippen LogP contribution is -2.47. The van der Waals surface area contributed by atoms with E-state index >= 15 is 0 Å². The lowest BCUT2D eigenvalue weighted by atomic mass is 10.1. The maximum absolute atomic E-state index is 13.3. The van der Waals surface area contributed by atoms with Gasteiger partial charge in [0, 0.05) is 36.5 Å². The van der Waals surface area contributed by atoms with Crippen molar-refractivity contribution in [3.63, 3.8) is 0 Å². The number of carbonyl (C=O) groups excluding carboxylic acids is 2. The van der Waals surface area contributed by atoms with Crippen LogP contribution in [0.15, 0.2) is 65.6 Å². The smallest absolute Gasteiger partial charge is 0.265 e. The largest absolute Gasteiger partial charge is 0.354 e. The molecular weight excluding hydrogens is 498 g/mol. The summed E-state index contributed by atoms with van der Waals surface area (Å²) < 4.78 is 27.8. The first-order chi connectivity index (χ1) is 17.2. The maximum Gasteiger partial charge on any atom is 0.265 e. The van der Waals surface area contributed by atoms with Crippen LogP contribution in [0.5, 0.6) is 0 Å². The van der Waals surface area contributed by atoms with Crippen molar-refractivity contribution in [1.29, 1.82) is 0 Å². The third-order valence-electron chi connectivity index (χ3n) is 6.39. The molecule has 7 nitrogen and oxygen atoms in total. The number of nitrogens with one attached hydrogen (secondary N) is 1. The van der Waals surface area contributed by atoms with E-state index in [4.69, 9.17) is 11.6 Å². The topological polar surface area (TPSA) is 86.8 Å². The van der Waals surface area contributed by atoms with Crippen LogP contribution in [0.1, 0.15) is 38.7 Å². The lowest BCUT2D eigenvalue weighted by molar-refractivity contribution is -0.140. The van der Waals surface area contributed by atoms with Crippen molar-refractivity contribution in [2.75, 3.05) is 17.4 Å². The number of rotatable bonds is 10. The number of hydrogen-bond donors (Lipinski definition) is 1. The van der Waals surface area contributed by atoms with E-state index in [0.29, 0.717) is 28.6 Å². The Labute approximate surface area is 217 Å². The van der Waals surface area contributed by atoms with Crippen molar-refractivity contribution in [2.24, 2.45) is 0 Å². The first-order valence-corrected chi connectivity index (χ1v) is 13.9. The molecule has 1 aliphatic heterocycles. The number of benzene rings is 3. The minimum atomic E-state index is -3.68. The first kappa shape index (κ1) is 26.0. The van der Waals surface area contributed by atoms with Gasteiger partial charge in [0.25, 0.3) is 10.0 Å². The predicted molar refractivity (Wildman–Crippen MR) is 142 cm³/mol. The minimum absolute atomic E-state index is 0.101. The Morgan fingerprint density at radius 2 is 1.81 bits per heavy atom. The van der Waals surface area contributed by atoms with Crippen LogP contribution in [0.3, 0.4) is 0 Å². The number of sulfonamides is 1. The monoisotopic (exact) mass is 527 g/mol. The fourth-order valence-electron chi connectivity index (χ4n) is 4.53. The van der Waals surface area contributed by atoms with Gasteiger partial charge in [0.1, 0.15) is 6.04 Å². The van der Waals surface area contributed by atoms with Crippen LogP contribution in [0, 0.1) is 0 Å². The average molecular weight is 528 g/mol.